The maximum atomic E-state index is 3.83. The Morgan fingerprint density at radius 1 is 1.33 bits per heavy atom. The molecule has 0 N–H and O–H groups in total. The third-order valence-electron chi connectivity index (χ3n) is 1.91. The van der Waals surface area contributed by atoms with Gasteiger partial charge in [-0.1, -0.05) is 0 Å². The van der Waals surface area contributed by atoms with Crippen LogP contribution in [0, 0.1) is 0 Å². The summed E-state index contributed by atoms with van der Waals surface area (Å²) in [5, 5.41) is 9.73. The molecule has 0 saturated carbocycles. The predicted octanol–water partition coefficient (Wildman–Crippen LogP) is 1.94. The van der Waals surface area contributed by atoms with Gasteiger partial charge in [-0.25, -0.2) is 0 Å². The standard InChI is InChI=1S/C8H5N3S/c1-2-12-8-3-6-4-9-10-5-11(6)7(1)8/h1-5H. The Kier molecular flexibility index (Phi) is 1.04. The molecule has 0 amide bonds. The summed E-state index contributed by atoms with van der Waals surface area (Å²) in [6.45, 7) is 0. The topological polar surface area (TPSA) is 30.2 Å². The van der Waals surface area contributed by atoms with Gasteiger partial charge in [0.2, 0.25) is 0 Å². The van der Waals surface area contributed by atoms with E-state index in [1.54, 1.807) is 23.9 Å². The Bertz CT molecular complexity index is 536. The smallest absolute Gasteiger partial charge is 0.123 e. The fourth-order valence-electron chi connectivity index (χ4n) is 1.37. The third kappa shape index (κ3) is 0.648. The van der Waals surface area contributed by atoms with Crippen molar-refractivity contribution in [3.63, 3.8) is 0 Å². The Labute approximate surface area is 72.3 Å². The maximum absolute atomic E-state index is 3.83. The van der Waals surface area contributed by atoms with Crippen LogP contribution >= 0.6 is 11.3 Å². The van der Waals surface area contributed by atoms with Crippen LogP contribution in [0.15, 0.2) is 30.0 Å². The van der Waals surface area contributed by atoms with E-state index < -0.39 is 0 Å². The van der Waals surface area contributed by atoms with E-state index in [4.69, 9.17) is 0 Å². The lowest BCUT2D eigenvalue weighted by molar-refractivity contribution is 0.963. The van der Waals surface area contributed by atoms with Gasteiger partial charge in [0.1, 0.15) is 6.33 Å². The zero-order valence-electron chi connectivity index (χ0n) is 6.14. The second-order valence-electron chi connectivity index (χ2n) is 2.58. The highest BCUT2D eigenvalue weighted by Gasteiger charge is 2.01. The summed E-state index contributed by atoms with van der Waals surface area (Å²) in [6, 6.07) is 4.21. The van der Waals surface area contributed by atoms with Gasteiger partial charge in [-0.2, -0.15) is 5.10 Å². The number of fused-ring (bicyclic) bond motifs is 3. The Hall–Kier alpha value is -1.42. The van der Waals surface area contributed by atoms with E-state index in [-0.39, 0.29) is 0 Å². The molecular weight excluding hydrogens is 170 g/mol. The summed E-state index contributed by atoms with van der Waals surface area (Å²) in [5.74, 6) is 0. The van der Waals surface area contributed by atoms with Gasteiger partial charge in [-0.05, 0) is 17.5 Å². The molecule has 3 nitrogen and oxygen atoms in total. The van der Waals surface area contributed by atoms with Crippen molar-refractivity contribution in [3.05, 3.63) is 30.0 Å². The fraction of sp³-hybridized carbons (Fsp3) is 0. The predicted molar refractivity (Wildman–Crippen MR) is 48.4 cm³/mol. The molecule has 0 aromatic carbocycles. The summed E-state index contributed by atoms with van der Waals surface area (Å²) >= 11 is 1.74. The molecule has 0 unspecified atom stereocenters. The lowest BCUT2D eigenvalue weighted by Crippen LogP contribution is -1.86. The highest BCUT2D eigenvalue weighted by molar-refractivity contribution is 7.17. The zero-order chi connectivity index (χ0) is 7.97. The molecule has 3 heterocycles. The number of aromatic nitrogens is 3. The first kappa shape index (κ1) is 6.14. The second-order valence-corrected chi connectivity index (χ2v) is 3.53. The quantitative estimate of drug-likeness (QED) is 0.522. The minimum absolute atomic E-state index is 1.10. The number of hydrogen-bond acceptors (Lipinski definition) is 3. The lowest BCUT2D eigenvalue weighted by atomic mass is 10.5. The number of rotatable bonds is 0. The van der Waals surface area contributed by atoms with Crippen LogP contribution in [0.25, 0.3) is 15.7 Å². The first-order valence-corrected chi connectivity index (χ1v) is 4.48. The number of hydrogen-bond donors (Lipinski definition) is 0. The van der Waals surface area contributed by atoms with Crippen molar-refractivity contribution in [3.8, 4) is 0 Å². The van der Waals surface area contributed by atoms with Crippen molar-refractivity contribution in [2.24, 2.45) is 0 Å². The normalized spacial score (nSPS) is 11.3. The Morgan fingerprint density at radius 3 is 3.33 bits per heavy atom. The number of nitrogens with zero attached hydrogens (tertiary/aromatic N) is 3. The van der Waals surface area contributed by atoms with Crippen LogP contribution in [-0.2, 0) is 0 Å². The Balaban J connectivity index is 2.68. The monoisotopic (exact) mass is 175 g/mol. The first-order valence-electron chi connectivity index (χ1n) is 3.60. The summed E-state index contributed by atoms with van der Waals surface area (Å²) in [6.07, 6.45) is 3.51. The van der Waals surface area contributed by atoms with Crippen LogP contribution in [0.4, 0.5) is 0 Å². The summed E-state index contributed by atoms with van der Waals surface area (Å²) in [4.78, 5) is 0. The molecule has 3 aromatic rings. The van der Waals surface area contributed by atoms with Crippen molar-refractivity contribution >= 4 is 27.1 Å². The largest absolute Gasteiger partial charge is 0.296 e. The van der Waals surface area contributed by atoms with Crippen molar-refractivity contribution in [1.29, 1.82) is 0 Å². The summed E-state index contributed by atoms with van der Waals surface area (Å²) in [5.41, 5.74) is 2.32. The van der Waals surface area contributed by atoms with Gasteiger partial charge in [-0.3, -0.25) is 4.40 Å². The first-order chi connectivity index (χ1) is 5.95. The highest BCUT2D eigenvalue weighted by Crippen LogP contribution is 2.23. The van der Waals surface area contributed by atoms with Gasteiger partial charge < -0.3 is 0 Å². The molecule has 0 spiro atoms. The van der Waals surface area contributed by atoms with E-state index >= 15 is 0 Å². The maximum Gasteiger partial charge on any atom is 0.123 e. The van der Waals surface area contributed by atoms with Crippen LogP contribution in [0.2, 0.25) is 0 Å². The van der Waals surface area contributed by atoms with E-state index in [0.29, 0.717) is 0 Å². The lowest BCUT2D eigenvalue weighted by Gasteiger charge is -1.89. The molecule has 0 atom stereocenters. The van der Waals surface area contributed by atoms with Gasteiger partial charge in [0.15, 0.2) is 0 Å². The Morgan fingerprint density at radius 2 is 2.33 bits per heavy atom. The van der Waals surface area contributed by atoms with E-state index in [1.807, 2.05) is 4.40 Å². The van der Waals surface area contributed by atoms with Crippen LogP contribution in [0.3, 0.4) is 0 Å². The number of thiophene rings is 1. The van der Waals surface area contributed by atoms with Crippen LogP contribution in [-0.4, -0.2) is 14.6 Å². The van der Waals surface area contributed by atoms with E-state index in [0.717, 1.165) is 5.52 Å². The molecule has 58 valence electrons. The van der Waals surface area contributed by atoms with Gasteiger partial charge in [-0.15, -0.1) is 16.4 Å². The van der Waals surface area contributed by atoms with Gasteiger partial charge in [0.25, 0.3) is 0 Å². The fourth-order valence-corrected chi connectivity index (χ4v) is 2.19. The molecule has 3 aromatic heterocycles. The molecule has 0 fully saturated rings. The SMILES string of the molecule is c1cc2c(cc3cnncn32)s1. The molecule has 4 heteroatoms. The zero-order valence-corrected chi connectivity index (χ0v) is 6.95. The molecule has 0 aliphatic rings. The second kappa shape index (κ2) is 2.04. The molecule has 0 aliphatic heterocycles. The van der Waals surface area contributed by atoms with Crippen molar-refractivity contribution in [2.45, 2.75) is 0 Å². The highest BCUT2D eigenvalue weighted by atomic mass is 32.1. The van der Waals surface area contributed by atoms with Crippen molar-refractivity contribution in [2.75, 3.05) is 0 Å². The average Bonchev–Trinajstić information content (AvgIpc) is 2.62. The summed E-state index contributed by atoms with van der Waals surface area (Å²) in [7, 11) is 0. The van der Waals surface area contributed by atoms with E-state index in [2.05, 4.69) is 27.7 Å². The van der Waals surface area contributed by atoms with Crippen LogP contribution in [0.1, 0.15) is 0 Å². The van der Waals surface area contributed by atoms with E-state index in [9.17, 15) is 0 Å². The van der Waals surface area contributed by atoms with E-state index in [1.165, 1.54) is 10.2 Å². The van der Waals surface area contributed by atoms with Gasteiger partial charge in [0, 0.05) is 0 Å². The summed E-state index contributed by atoms with van der Waals surface area (Å²) < 4.78 is 3.32. The molecule has 0 bridgehead atoms. The third-order valence-corrected chi connectivity index (χ3v) is 2.77. The minimum Gasteiger partial charge on any atom is -0.296 e. The van der Waals surface area contributed by atoms with Crippen LogP contribution in [0.5, 0.6) is 0 Å². The van der Waals surface area contributed by atoms with Crippen molar-refractivity contribution in [1.82, 2.24) is 14.6 Å². The molecule has 0 saturated heterocycles. The molecule has 0 aliphatic carbocycles. The molecule has 0 radical (unpaired) electrons. The van der Waals surface area contributed by atoms with Gasteiger partial charge >= 0.3 is 0 Å². The minimum atomic E-state index is 1.10. The van der Waals surface area contributed by atoms with Gasteiger partial charge in [0.05, 0.1) is 21.9 Å². The molecule has 12 heavy (non-hydrogen) atoms. The average molecular weight is 175 g/mol. The molecule has 3 rings (SSSR count). The molecular formula is C8H5N3S. The van der Waals surface area contributed by atoms with Crippen LogP contribution < -0.4 is 0 Å². The van der Waals surface area contributed by atoms with Crippen molar-refractivity contribution < 1.29 is 0 Å².